The van der Waals surface area contributed by atoms with E-state index >= 15 is 0 Å². The van der Waals surface area contributed by atoms with Crippen molar-refractivity contribution in [2.24, 2.45) is 5.92 Å². The summed E-state index contributed by atoms with van der Waals surface area (Å²) < 4.78 is 5.16. The molecule has 0 aromatic heterocycles. The van der Waals surface area contributed by atoms with Gasteiger partial charge in [0.25, 0.3) is 0 Å². The van der Waals surface area contributed by atoms with E-state index in [2.05, 4.69) is 24.1 Å². The van der Waals surface area contributed by atoms with Crippen molar-refractivity contribution in [3.8, 4) is 5.75 Å². The molecule has 0 radical (unpaired) electrons. The molecule has 2 heteroatoms. The van der Waals surface area contributed by atoms with Crippen molar-refractivity contribution >= 4 is 0 Å². The molecule has 1 aliphatic heterocycles. The maximum Gasteiger partial charge on any atom is 0.118 e. The Morgan fingerprint density at radius 2 is 2.12 bits per heavy atom. The van der Waals surface area contributed by atoms with Gasteiger partial charge in [-0.25, -0.2) is 0 Å². The summed E-state index contributed by atoms with van der Waals surface area (Å²) in [5.41, 5.74) is 1.40. The fourth-order valence-electron chi connectivity index (χ4n) is 2.41. The molecule has 88 valence electrons. The van der Waals surface area contributed by atoms with Crippen molar-refractivity contribution in [2.75, 3.05) is 20.2 Å². The topological polar surface area (TPSA) is 12.5 Å². The summed E-state index contributed by atoms with van der Waals surface area (Å²) in [5.74, 6) is 1.70. The maximum absolute atomic E-state index is 5.16. The van der Waals surface area contributed by atoms with E-state index in [1.807, 2.05) is 12.1 Å². The van der Waals surface area contributed by atoms with Crippen LogP contribution in [0.25, 0.3) is 0 Å². The molecule has 2 rings (SSSR count). The number of benzene rings is 1. The zero-order valence-corrected chi connectivity index (χ0v) is 9.98. The van der Waals surface area contributed by atoms with Crippen LogP contribution in [0.4, 0.5) is 0 Å². The van der Waals surface area contributed by atoms with Crippen molar-refractivity contribution in [1.29, 1.82) is 0 Å². The first-order valence-corrected chi connectivity index (χ1v) is 5.96. The van der Waals surface area contributed by atoms with Crippen molar-refractivity contribution in [3.05, 3.63) is 36.9 Å². The number of rotatable bonds is 3. The van der Waals surface area contributed by atoms with Gasteiger partial charge in [0.2, 0.25) is 0 Å². The van der Waals surface area contributed by atoms with E-state index in [0.29, 0.717) is 0 Å². The molecule has 1 aromatic carbocycles. The zero-order chi connectivity index (χ0) is 11.4. The van der Waals surface area contributed by atoms with Crippen LogP contribution in [0, 0.1) is 13.0 Å². The van der Waals surface area contributed by atoms with E-state index in [1.54, 1.807) is 7.11 Å². The highest BCUT2D eigenvalue weighted by Gasteiger charge is 2.14. The minimum atomic E-state index is 0.764. The van der Waals surface area contributed by atoms with Gasteiger partial charge in [-0.3, -0.25) is 7.05 Å². The van der Waals surface area contributed by atoms with Gasteiger partial charge in [-0.1, -0.05) is 12.1 Å². The molecule has 0 aliphatic carbocycles. The summed E-state index contributed by atoms with van der Waals surface area (Å²) in [6, 6.07) is 8.42. The average Bonchev–Trinajstić information content (AvgIpc) is 2.30. The van der Waals surface area contributed by atoms with Crippen LogP contribution in [-0.4, -0.2) is 25.1 Å². The van der Waals surface area contributed by atoms with Crippen molar-refractivity contribution in [3.63, 3.8) is 0 Å². The fourth-order valence-corrected chi connectivity index (χ4v) is 2.41. The van der Waals surface area contributed by atoms with Crippen LogP contribution in [-0.2, 0) is 6.42 Å². The Hall–Kier alpha value is -1.02. The second-order valence-electron chi connectivity index (χ2n) is 4.64. The standard InChI is InChI=1S/C14H20NO/c1-15-9-3-4-13(11-15)10-12-5-7-14(16-2)8-6-12/h5-8,13H,1,3-4,9-11H2,2H3/q-1. The number of nitrogens with zero attached hydrogens (tertiary/aromatic N) is 1. The minimum Gasteiger partial charge on any atom is -0.497 e. The monoisotopic (exact) mass is 218 g/mol. The lowest BCUT2D eigenvalue weighted by Crippen LogP contribution is -2.31. The van der Waals surface area contributed by atoms with Crippen molar-refractivity contribution in [1.82, 2.24) is 4.90 Å². The predicted molar refractivity (Wildman–Crippen MR) is 66.4 cm³/mol. The van der Waals surface area contributed by atoms with Crippen LogP contribution in [0.2, 0.25) is 0 Å². The SMILES string of the molecule is [CH2-]N1CCCC(Cc2ccc(OC)cc2)C1. The van der Waals surface area contributed by atoms with Gasteiger partial charge in [-0.05, 0) is 56.0 Å². The predicted octanol–water partition coefficient (Wildman–Crippen LogP) is 2.74. The quantitative estimate of drug-likeness (QED) is 0.723. The van der Waals surface area contributed by atoms with Crippen LogP contribution in [0.3, 0.4) is 0 Å². The number of likely N-dealkylation sites (tertiary alicyclic amines) is 1. The van der Waals surface area contributed by atoms with Gasteiger partial charge < -0.3 is 9.64 Å². The molecule has 2 nitrogen and oxygen atoms in total. The van der Waals surface area contributed by atoms with Crippen molar-refractivity contribution < 1.29 is 4.74 Å². The molecule has 0 amide bonds. The molecule has 1 aliphatic rings. The molecule has 0 spiro atoms. The van der Waals surface area contributed by atoms with Gasteiger partial charge in [0.05, 0.1) is 7.11 Å². The van der Waals surface area contributed by atoms with E-state index in [0.717, 1.165) is 31.2 Å². The van der Waals surface area contributed by atoms with Crippen molar-refractivity contribution in [2.45, 2.75) is 19.3 Å². The summed E-state index contributed by atoms with van der Waals surface area (Å²) in [6.45, 7) is 2.28. The fraction of sp³-hybridized carbons (Fsp3) is 0.500. The van der Waals surface area contributed by atoms with E-state index < -0.39 is 0 Å². The molecule has 1 saturated heterocycles. The normalized spacial score (nSPS) is 22.0. The highest BCUT2D eigenvalue weighted by Crippen LogP contribution is 2.21. The number of hydrogen-bond acceptors (Lipinski definition) is 2. The third-order valence-corrected chi connectivity index (χ3v) is 3.29. The Labute approximate surface area is 98.2 Å². The summed E-state index contributed by atoms with van der Waals surface area (Å²) in [5, 5.41) is 0. The Bertz CT molecular complexity index is 320. The molecule has 0 N–H and O–H groups in total. The minimum absolute atomic E-state index is 0.764. The van der Waals surface area contributed by atoms with Crippen LogP contribution in [0.5, 0.6) is 5.75 Å². The van der Waals surface area contributed by atoms with Gasteiger partial charge in [-0.2, -0.15) is 0 Å². The third-order valence-electron chi connectivity index (χ3n) is 3.29. The van der Waals surface area contributed by atoms with Gasteiger partial charge in [0, 0.05) is 0 Å². The molecule has 1 fully saturated rings. The number of hydrogen-bond donors (Lipinski definition) is 0. The van der Waals surface area contributed by atoms with Crippen LogP contribution < -0.4 is 4.74 Å². The Balaban J connectivity index is 1.92. The van der Waals surface area contributed by atoms with Crippen LogP contribution in [0.1, 0.15) is 18.4 Å². The number of methoxy groups -OCH3 is 1. The van der Waals surface area contributed by atoms with Crippen LogP contribution >= 0.6 is 0 Å². The molecule has 1 heterocycles. The van der Waals surface area contributed by atoms with Gasteiger partial charge in [0.15, 0.2) is 0 Å². The smallest absolute Gasteiger partial charge is 0.118 e. The molecule has 1 unspecified atom stereocenters. The summed E-state index contributed by atoms with van der Waals surface area (Å²) in [7, 11) is 5.74. The summed E-state index contributed by atoms with van der Waals surface area (Å²) in [4.78, 5) is 2.19. The van der Waals surface area contributed by atoms with Gasteiger partial charge >= 0.3 is 0 Å². The molecular formula is C14H20NO-. The average molecular weight is 218 g/mol. The molecule has 1 atom stereocenters. The first-order chi connectivity index (χ1) is 7.78. The lowest BCUT2D eigenvalue weighted by molar-refractivity contribution is 0.230. The number of piperidine rings is 1. The second-order valence-corrected chi connectivity index (χ2v) is 4.64. The molecule has 1 aromatic rings. The third kappa shape index (κ3) is 2.99. The molecule has 0 saturated carbocycles. The second kappa shape index (κ2) is 5.35. The Kier molecular flexibility index (Phi) is 3.83. The molecule has 0 bridgehead atoms. The molecular weight excluding hydrogens is 198 g/mol. The number of ether oxygens (including phenoxy) is 1. The highest BCUT2D eigenvalue weighted by molar-refractivity contribution is 5.27. The van der Waals surface area contributed by atoms with E-state index in [1.165, 1.54) is 18.4 Å². The Morgan fingerprint density at radius 3 is 2.75 bits per heavy atom. The van der Waals surface area contributed by atoms with E-state index in [4.69, 9.17) is 4.74 Å². The Morgan fingerprint density at radius 1 is 1.38 bits per heavy atom. The maximum atomic E-state index is 5.16. The van der Waals surface area contributed by atoms with E-state index in [9.17, 15) is 0 Å². The van der Waals surface area contributed by atoms with Crippen LogP contribution in [0.15, 0.2) is 24.3 Å². The first-order valence-electron chi connectivity index (χ1n) is 5.96. The summed E-state index contributed by atoms with van der Waals surface area (Å²) in [6.07, 6.45) is 3.78. The van der Waals surface area contributed by atoms with Gasteiger partial charge in [-0.15, -0.1) is 0 Å². The zero-order valence-electron chi connectivity index (χ0n) is 9.98. The highest BCUT2D eigenvalue weighted by atomic mass is 16.5. The lowest BCUT2D eigenvalue weighted by Gasteiger charge is -2.35. The first kappa shape index (κ1) is 11.5. The van der Waals surface area contributed by atoms with Gasteiger partial charge in [0.1, 0.15) is 5.75 Å². The molecule has 16 heavy (non-hydrogen) atoms. The lowest BCUT2D eigenvalue weighted by atomic mass is 9.91. The van der Waals surface area contributed by atoms with E-state index in [-0.39, 0.29) is 0 Å². The largest absolute Gasteiger partial charge is 0.497 e. The summed E-state index contributed by atoms with van der Waals surface area (Å²) >= 11 is 0.